The Labute approximate surface area is 202 Å². The topological polar surface area (TPSA) is 102 Å². The van der Waals surface area contributed by atoms with Crippen LogP contribution in [0.3, 0.4) is 0 Å². The van der Waals surface area contributed by atoms with Gasteiger partial charge in [-0.1, -0.05) is 6.07 Å². The van der Waals surface area contributed by atoms with Crippen molar-refractivity contribution in [1.29, 1.82) is 0 Å². The van der Waals surface area contributed by atoms with E-state index in [4.69, 9.17) is 14.2 Å². The first kappa shape index (κ1) is 24.6. The molecule has 184 valence electrons. The summed E-state index contributed by atoms with van der Waals surface area (Å²) in [6.45, 7) is 0.759. The normalized spacial score (nSPS) is 15.9. The Morgan fingerprint density at radius 2 is 1.63 bits per heavy atom. The van der Waals surface area contributed by atoms with Gasteiger partial charge in [0, 0.05) is 13.7 Å². The van der Waals surface area contributed by atoms with Crippen LogP contribution in [0.15, 0.2) is 71.6 Å². The van der Waals surface area contributed by atoms with Gasteiger partial charge in [0.05, 0.1) is 11.5 Å². The summed E-state index contributed by atoms with van der Waals surface area (Å²) in [5.74, 6) is -0.344. The minimum atomic E-state index is -4.12. The second-order valence-corrected chi connectivity index (χ2v) is 9.73. The lowest BCUT2D eigenvalue weighted by Gasteiger charge is -2.34. The molecule has 0 aromatic heterocycles. The van der Waals surface area contributed by atoms with E-state index in [1.807, 2.05) is 0 Å². The number of fused-ring (bicyclic) bond motifs is 1. The highest BCUT2D eigenvalue weighted by Gasteiger charge is 2.40. The van der Waals surface area contributed by atoms with Gasteiger partial charge in [-0.2, -0.15) is 4.31 Å². The molecule has 1 atom stereocenters. The maximum atomic E-state index is 13.4. The van der Waals surface area contributed by atoms with Crippen LogP contribution in [0.5, 0.6) is 17.2 Å². The van der Waals surface area contributed by atoms with E-state index in [-0.39, 0.29) is 11.4 Å². The maximum Gasteiger partial charge on any atom is 0.326 e. The van der Waals surface area contributed by atoms with Crippen LogP contribution in [0.4, 0.5) is 4.39 Å². The molecule has 35 heavy (non-hydrogen) atoms. The van der Waals surface area contributed by atoms with Gasteiger partial charge in [-0.15, -0.1) is 0 Å². The standard InChI is InChI=1S/C25H24FNO7S/c1-32-14-15-33-21-8-11-23-17(16-21)12-13-27(24(23)25(28)29)35(30,31)22-9-6-20(7-10-22)34-19-4-2-18(26)3-5-19/h2-11,16,24H,12-15H2,1H3,(H,28,29). The van der Waals surface area contributed by atoms with Gasteiger partial charge in [0.2, 0.25) is 10.0 Å². The molecule has 0 bridgehead atoms. The minimum absolute atomic E-state index is 0.00164. The molecule has 3 aromatic carbocycles. The fraction of sp³-hybridized carbons (Fsp3) is 0.240. The molecule has 0 amide bonds. The van der Waals surface area contributed by atoms with Crippen molar-refractivity contribution in [3.05, 3.63) is 83.7 Å². The van der Waals surface area contributed by atoms with Crippen LogP contribution in [0, 0.1) is 5.82 Å². The quantitative estimate of drug-likeness (QED) is 0.442. The molecule has 10 heteroatoms. The number of hydrogen-bond acceptors (Lipinski definition) is 6. The van der Waals surface area contributed by atoms with Gasteiger partial charge < -0.3 is 19.3 Å². The number of carboxylic acid groups (broad SMARTS) is 1. The molecule has 0 radical (unpaired) electrons. The van der Waals surface area contributed by atoms with Gasteiger partial charge in [-0.3, -0.25) is 4.79 Å². The summed E-state index contributed by atoms with van der Waals surface area (Å²) in [6, 6.07) is 14.7. The van der Waals surface area contributed by atoms with E-state index >= 15 is 0 Å². The van der Waals surface area contributed by atoms with Crippen LogP contribution in [0.1, 0.15) is 17.2 Å². The SMILES string of the molecule is COCCOc1ccc2c(c1)CCN(S(=O)(=O)c1ccc(Oc3ccc(F)cc3)cc1)C2C(=O)O. The second kappa shape index (κ2) is 10.4. The second-order valence-electron chi connectivity index (χ2n) is 7.84. The third-order valence-electron chi connectivity index (χ3n) is 5.57. The van der Waals surface area contributed by atoms with Gasteiger partial charge in [-0.05, 0) is 78.2 Å². The molecule has 4 rings (SSSR count). The Kier molecular flexibility index (Phi) is 7.34. The average Bonchev–Trinajstić information content (AvgIpc) is 2.85. The third-order valence-corrected chi connectivity index (χ3v) is 7.45. The first-order valence-electron chi connectivity index (χ1n) is 10.8. The molecule has 0 spiro atoms. The molecule has 3 aromatic rings. The maximum absolute atomic E-state index is 13.4. The highest BCUT2D eigenvalue weighted by atomic mass is 32.2. The van der Waals surface area contributed by atoms with Crippen molar-refractivity contribution in [2.24, 2.45) is 0 Å². The van der Waals surface area contributed by atoms with Crippen molar-refractivity contribution in [3.63, 3.8) is 0 Å². The van der Waals surface area contributed by atoms with Gasteiger partial charge in [0.15, 0.2) is 0 Å². The van der Waals surface area contributed by atoms with Gasteiger partial charge in [0.25, 0.3) is 0 Å². The van der Waals surface area contributed by atoms with Gasteiger partial charge in [0.1, 0.15) is 35.7 Å². The number of benzene rings is 3. The van der Waals surface area contributed by atoms with E-state index in [9.17, 15) is 22.7 Å². The summed E-state index contributed by atoms with van der Waals surface area (Å²) < 4.78 is 57.0. The molecule has 0 fully saturated rings. The number of methoxy groups -OCH3 is 1. The van der Waals surface area contributed by atoms with Gasteiger partial charge in [-0.25, -0.2) is 12.8 Å². The number of ether oxygens (including phenoxy) is 3. The van der Waals surface area contributed by atoms with Crippen LogP contribution in [0.2, 0.25) is 0 Å². The number of aliphatic carboxylic acids is 1. The smallest absolute Gasteiger partial charge is 0.326 e. The van der Waals surface area contributed by atoms with E-state index in [1.54, 1.807) is 25.3 Å². The molecule has 0 saturated carbocycles. The number of carboxylic acids is 1. The first-order valence-corrected chi connectivity index (χ1v) is 12.3. The number of hydrogen-bond donors (Lipinski definition) is 1. The number of halogens is 1. The Hall–Kier alpha value is -3.47. The van der Waals surface area contributed by atoms with Gasteiger partial charge >= 0.3 is 5.97 Å². The monoisotopic (exact) mass is 501 g/mol. The van der Waals surface area contributed by atoms with Crippen LogP contribution in [0.25, 0.3) is 0 Å². The summed E-state index contributed by atoms with van der Waals surface area (Å²) in [5.41, 5.74) is 1.13. The van der Waals surface area contributed by atoms with Crippen LogP contribution in [-0.4, -0.2) is 50.7 Å². The molecule has 0 aliphatic carbocycles. The molecule has 1 N–H and O–H groups in total. The zero-order valence-corrected chi connectivity index (χ0v) is 19.7. The summed E-state index contributed by atoms with van der Waals surface area (Å²) in [6.07, 6.45) is 0.339. The van der Waals surface area contributed by atoms with Crippen molar-refractivity contribution in [2.75, 3.05) is 26.9 Å². The predicted octanol–water partition coefficient (Wildman–Crippen LogP) is 4.02. The number of carbonyl (C=O) groups is 1. The van der Waals surface area contributed by atoms with E-state index < -0.39 is 27.9 Å². The Balaban J connectivity index is 1.56. The Morgan fingerprint density at radius 1 is 1.00 bits per heavy atom. The zero-order valence-electron chi connectivity index (χ0n) is 18.9. The van der Waals surface area contributed by atoms with Crippen molar-refractivity contribution in [1.82, 2.24) is 4.31 Å². The molecular weight excluding hydrogens is 477 g/mol. The Bertz CT molecular complexity index is 1290. The number of sulfonamides is 1. The fourth-order valence-electron chi connectivity index (χ4n) is 3.88. The predicted molar refractivity (Wildman–Crippen MR) is 125 cm³/mol. The summed E-state index contributed by atoms with van der Waals surface area (Å²) in [4.78, 5) is 12.1. The van der Waals surface area contributed by atoms with E-state index in [0.717, 1.165) is 9.87 Å². The lowest BCUT2D eigenvalue weighted by Crippen LogP contribution is -2.43. The molecule has 8 nitrogen and oxygen atoms in total. The van der Waals surface area contributed by atoms with E-state index in [1.165, 1.54) is 48.5 Å². The van der Waals surface area contributed by atoms with Crippen molar-refractivity contribution in [3.8, 4) is 17.2 Å². The molecular formula is C25H24FNO7S. The first-order chi connectivity index (χ1) is 16.8. The largest absolute Gasteiger partial charge is 0.491 e. The number of nitrogens with zero attached hydrogens (tertiary/aromatic N) is 1. The summed E-state index contributed by atoms with van der Waals surface area (Å²) in [7, 11) is -2.56. The van der Waals surface area contributed by atoms with E-state index in [0.29, 0.717) is 42.4 Å². The van der Waals surface area contributed by atoms with Crippen LogP contribution in [-0.2, 0) is 26.0 Å². The average molecular weight is 502 g/mol. The Morgan fingerprint density at radius 3 is 2.26 bits per heavy atom. The third kappa shape index (κ3) is 5.45. The zero-order chi connectivity index (χ0) is 25.0. The number of rotatable bonds is 9. The minimum Gasteiger partial charge on any atom is -0.491 e. The van der Waals surface area contributed by atoms with Crippen LogP contribution < -0.4 is 9.47 Å². The molecule has 1 unspecified atom stereocenters. The fourth-order valence-corrected chi connectivity index (χ4v) is 5.45. The summed E-state index contributed by atoms with van der Waals surface area (Å²) in [5, 5.41) is 9.94. The lowest BCUT2D eigenvalue weighted by atomic mass is 9.94. The lowest BCUT2D eigenvalue weighted by molar-refractivity contribution is -0.142. The molecule has 1 heterocycles. The van der Waals surface area contributed by atoms with Crippen molar-refractivity contribution < 1.29 is 36.9 Å². The molecule has 1 aliphatic heterocycles. The highest BCUT2D eigenvalue weighted by Crippen LogP contribution is 2.36. The molecule has 0 saturated heterocycles. The highest BCUT2D eigenvalue weighted by molar-refractivity contribution is 7.89. The summed E-state index contributed by atoms with van der Waals surface area (Å²) >= 11 is 0. The van der Waals surface area contributed by atoms with Crippen molar-refractivity contribution in [2.45, 2.75) is 17.4 Å². The molecule has 1 aliphatic rings. The van der Waals surface area contributed by atoms with Crippen LogP contribution >= 0.6 is 0 Å². The van der Waals surface area contributed by atoms with E-state index in [2.05, 4.69) is 0 Å². The van der Waals surface area contributed by atoms with Crippen molar-refractivity contribution >= 4 is 16.0 Å².